The van der Waals surface area contributed by atoms with Gasteiger partial charge in [0.05, 0.1) is 6.04 Å². The normalized spacial score (nSPS) is 29.2. The van der Waals surface area contributed by atoms with Gasteiger partial charge in [0.25, 0.3) is 0 Å². The lowest BCUT2D eigenvalue weighted by molar-refractivity contribution is -0.145. The first kappa shape index (κ1) is 12.2. The van der Waals surface area contributed by atoms with Crippen LogP contribution in [0.5, 0.6) is 11.5 Å². The average Bonchev–Trinajstić information content (AvgIpc) is 2.80. The van der Waals surface area contributed by atoms with Crippen molar-refractivity contribution in [3.05, 3.63) is 23.8 Å². The zero-order valence-corrected chi connectivity index (χ0v) is 10.00. The molecule has 0 saturated carbocycles. The molecule has 1 aromatic carbocycles. The number of hydrazine groups is 1. The molecule has 2 aliphatic heterocycles. The Morgan fingerprint density at radius 2 is 1.95 bits per heavy atom. The van der Waals surface area contributed by atoms with E-state index in [2.05, 4.69) is 10.9 Å². The lowest BCUT2D eigenvalue weighted by Gasteiger charge is -2.21. The van der Waals surface area contributed by atoms with Crippen molar-refractivity contribution >= 4 is 5.97 Å². The molecule has 0 bridgehead atoms. The summed E-state index contributed by atoms with van der Waals surface area (Å²) in [6.07, 6.45) is -1.13. The van der Waals surface area contributed by atoms with Gasteiger partial charge in [0.2, 0.25) is 0 Å². The van der Waals surface area contributed by atoms with Crippen LogP contribution < -0.4 is 20.3 Å². The van der Waals surface area contributed by atoms with Crippen molar-refractivity contribution in [3.63, 3.8) is 0 Å². The number of aliphatic hydroxyl groups excluding tert-OH is 1. The van der Waals surface area contributed by atoms with Gasteiger partial charge in [-0.1, -0.05) is 6.07 Å². The van der Waals surface area contributed by atoms with Crippen LogP contribution in [0.25, 0.3) is 0 Å². The third kappa shape index (κ3) is 2.12. The van der Waals surface area contributed by atoms with Gasteiger partial charge < -0.3 is 19.7 Å². The number of carboxylic acids is 1. The molecule has 0 spiro atoms. The smallest absolute Gasteiger partial charge is 0.312 e. The summed E-state index contributed by atoms with van der Waals surface area (Å²) in [5.41, 5.74) is 6.04. The van der Waals surface area contributed by atoms with Crippen LogP contribution in [0.4, 0.5) is 0 Å². The summed E-state index contributed by atoms with van der Waals surface area (Å²) in [6.45, 7) is 0.976. The van der Waals surface area contributed by atoms with Gasteiger partial charge in [0.15, 0.2) is 11.5 Å². The zero-order valence-electron chi connectivity index (χ0n) is 10.00. The van der Waals surface area contributed by atoms with E-state index in [1.807, 2.05) is 0 Å². The fraction of sp³-hybridized carbons (Fsp3) is 0.417. The van der Waals surface area contributed by atoms with Gasteiger partial charge in [-0.2, -0.15) is 0 Å². The molecule has 19 heavy (non-hydrogen) atoms. The quantitative estimate of drug-likeness (QED) is 0.579. The molecule has 0 aliphatic carbocycles. The number of nitrogens with one attached hydrogen (secondary N) is 2. The van der Waals surface area contributed by atoms with E-state index in [9.17, 15) is 9.90 Å². The Kier molecular flexibility index (Phi) is 3.02. The minimum Gasteiger partial charge on any atom is -0.486 e. The van der Waals surface area contributed by atoms with Crippen molar-refractivity contribution in [2.75, 3.05) is 13.2 Å². The second-order valence-electron chi connectivity index (χ2n) is 4.48. The van der Waals surface area contributed by atoms with Crippen LogP contribution in [0.1, 0.15) is 11.6 Å². The number of ether oxygens (including phenoxy) is 2. The number of hydrogen-bond acceptors (Lipinski definition) is 6. The van der Waals surface area contributed by atoms with Crippen molar-refractivity contribution in [2.24, 2.45) is 5.92 Å². The number of carbonyl (C=O) groups is 1. The van der Waals surface area contributed by atoms with Crippen molar-refractivity contribution in [1.29, 1.82) is 0 Å². The summed E-state index contributed by atoms with van der Waals surface area (Å²) in [6, 6.07) is 4.72. The summed E-state index contributed by atoms with van der Waals surface area (Å²) in [5, 5.41) is 18.8. The van der Waals surface area contributed by atoms with Crippen LogP contribution in [0.3, 0.4) is 0 Å². The first-order valence-electron chi connectivity index (χ1n) is 5.98. The van der Waals surface area contributed by atoms with Crippen molar-refractivity contribution in [3.8, 4) is 11.5 Å². The molecule has 4 N–H and O–H groups in total. The van der Waals surface area contributed by atoms with E-state index in [1.165, 1.54) is 0 Å². The van der Waals surface area contributed by atoms with Crippen molar-refractivity contribution < 1.29 is 24.5 Å². The molecule has 3 atom stereocenters. The Balaban J connectivity index is 1.91. The minimum atomic E-state index is -1.13. The van der Waals surface area contributed by atoms with E-state index < -0.39 is 24.2 Å². The minimum absolute atomic E-state index is 0.470. The predicted molar refractivity (Wildman–Crippen MR) is 63.6 cm³/mol. The first-order valence-corrected chi connectivity index (χ1v) is 5.98. The maximum Gasteiger partial charge on any atom is 0.312 e. The summed E-state index contributed by atoms with van der Waals surface area (Å²) in [4.78, 5) is 11.2. The van der Waals surface area contributed by atoms with Crippen LogP contribution in [0, 0.1) is 5.92 Å². The van der Waals surface area contributed by atoms with Gasteiger partial charge in [0.1, 0.15) is 25.4 Å². The highest BCUT2D eigenvalue weighted by atomic mass is 16.6. The van der Waals surface area contributed by atoms with Crippen molar-refractivity contribution in [1.82, 2.24) is 10.9 Å². The summed E-state index contributed by atoms with van der Waals surface area (Å²) < 4.78 is 10.9. The molecular weight excluding hydrogens is 252 g/mol. The van der Waals surface area contributed by atoms with Crippen LogP contribution >= 0.6 is 0 Å². The maximum atomic E-state index is 11.2. The third-order valence-corrected chi connectivity index (χ3v) is 3.30. The summed E-state index contributed by atoms with van der Waals surface area (Å²) >= 11 is 0. The van der Waals surface area contributed by atoms with Crippen LogP contribution in [-0.2, 0) is 4.79 Å². The van der Waals surface area contributed by atoms with Gasteiger partial charge >= 0.3 is 5.97 Å². The fourth-order valence-corrected chi connectivity index (χ4v) is 2.36. The predicted octanol–water partition coefficient (Wildman–Crippen LogP) is -0.374. The maximum absolute atomic E-state index is 11.2. The number of hydrogen-bond donors (Lipinski definition) is 4. The molecule has 7 heteroatoms. The fourth-order valence-electron chi connectivity index (χ4n) is 2.36. The number of benzene rings is 1. The topological polar surface area (TPSA) is 100 Å². The van der Waals surface area contributed by atoms with Crippen LogP contribution in [0.2, 0.25) is 0 Å². The highest BCUT2D eigenvalue weighted by molar-refractivity contribution is 5.72. The molecule has 0 radical (unpaired) electrons. The Morgan fingerprint density at radius 3 is 2.68 bits per heavy atom. The highest BCUT2D eigenvalue weighted by Gasteiger charge is 2.41. The number of aliphatic carboxylic acids is 1. The second kappa shape index (κ2) is 4.69. The largest absolute Gasteiger partial charge is 0.486 e. The Labute approximate surface area is 109 Å². The standard InChI is InChI=1S/C12H14N2O5/c15-11-9(12(16)17)10(13-14-11)6-1-2-7-8(5-6)19-4-3-18-7/h1-2,5,9-11,13-15H,3-4H2,(H,16,17). The number of rotatable bonds is 2. The lowest BCUT2D eigenvalue weighted by Crippen LogP contribution is -2.33. The lowest BCUT2D eigenvalue weighted by atomic mass is 9.93. The molecule has 3 unspecified atom stereocenters. The van der Waals surface area contributed by atoms with E-state index >= 15 is 0 Å². The van der Waals surface area contributed by atoms with Gasteiger partial charge in [-0.25, -0.2) is 10.9 Å². The Hall–Kier alpha value is -1.83. The Morgan fingerprint density at radius 1 is 1.21 bits per heavy atom. The molecule has 3 rings (SSSR count). The Bertz CT molecular complexity index is 507. The average molecular weight is 266 g/mol. The molecule has 0 aromatic heterocycles. The molecule has 0 amide bonds. The molecule has 1 saturated heterocycles. The van der Waals surface area contributed by atoms with E-state index in [0.717, 1.165) is 5.56 Å². The SMILES string of the molecule is O=C(O)C1C(O)NNC1c1ccc2c(c1)OCCO2. The molecular formula is C12H14N2O5. The molecule has 2 heterocycles. The second-order valence-corrected chi connectivity index (χ2v) is 4.48. The molecule has 1 aromatic rings. The van der Waals surface area contributed by atoms with Gasteiger partial charge in [-0.05, 0) is 17.7 Å². The van der Waals surface area contributed by atoms with E-state index in [0.29, 0.717) is 24.7 Å². The van der Waals surface area contributed by atoms with Crippen LogP contribution in [0.15, 0.2) is 18.2 Å². The monoisotopic (exact) mass is 266 g/mol. The number of aliphatic hydroxyl groups is 1. The zero-order chi connectivity index (χ0) is 13.4. The van der Waals surface area contributed by atoms with Gasteiger partial charge in [0, 0.05) is 0 Å². The number of fused-ring (bicyclic) bond motifs is 1. The highest BCUT2D eigenvalue weighted by Crippen LogP contribution is 2.36. The van der Waals surface area contributed by atoms with Gasteiger partial charge in [-0.15, -0.1) is 0 Å². The van der Waals surface area contributed by atoms with E-state index in [-0.39, 0.29) is 0 Å². The number of carboxylic acid groups (broad SMARTS) is 1. The first-order chi connectivity index (χ1) is 9.16. The molecule has 7 nitrogen and oxygen atoms in total. The molecule has 1 fully saturated rings. The third-order valence-electron chi connectivity index (χ3n) is 3.30. The molecule has 102 valence electrons. The summed E-state index contributed by atoms with van der Waals surface area (Å²) in [7, 11) is 0. The molecule has 2 aliphatic rings. The van der Waals surface area contributed by atoms with Gasteiger partial charge in [-0.3, -0.25) is 4.79 Å². The van der Waals surface area contributed by atoms with Crippen LogP contribution in [-0.4, -0.2) is 35.6 Å². The van der Waals surface area contributed by atoms with E-state index in [1.54, 1.807) is 18.2 Å². The van der Waals surface area contributed by atoms with Crippen molar-refractivity contribution in [2.45, 2.75) is 12.3 Å². The summed E-state index contributed by atoms with van der Waals surface area (Å²) in [5.74, 6) is -0.781. The van der Waals surface area contributed by atoms with E-state index in [4.69, 9.17) is 14.6 Å².